The first-order valence-corrected chi connectivity index (χ1v) is 9.04. The molecule has 8 heteroatoms. The summed E-state index contributed by atoms with van der Waals surface area (Å²) in [5.74, 6) is 1.26. The van der Waals surface area contributed by atoms with Gasteiger partial charge in [0, 0.05) is 31.1 Å². The number of nitrogens with one attached hydrogen (secondary N) is 3. The molecular formula is C20H30IN5O2. The molecule has 0 saturated heterocycles. The lowest BCUT2D eigenvalue weighted by Gasteiger charge is -2.18. The molecule has 0 atom stereocenters. The van der Waals surface area contributed by atoms with E-state index in [0.717, 1.165) is 11.3 Å². The number of carbonyl (C=O) groups excluding carboxylic acids is 1. The van der Waals surface area contributed by atoms with Gasteiger partial charge in [-0.3, -0.25) is 9.79 Å². The summed E-state index contributed by atoms with van der Waals surface area (Å²) in [6.45, 7) is 9.30. The van der Waals surface area contributed by atoms with Crippen LogP contribution in [-0.2, 0) is 11.3 Å². The smallest absolute Gasteiger partial charge is 0.226 e. The van der Waals surface area contributed by atoms with E-state index >= 15 is 0 Å². The summed E-state index contributed by atoms with van der Waals surface area (Å²) in [6.07, 6.45) is 1.64. The maximum Gasteiger partial charge on any atom is 0.226 e. The van der Waals surface area contributed by atoms with Crippen molar-refractivity contribution < 1.29 is 9.21 Å². The summed E-state index contributed by atoms with van der Waals surface area (Å²) < 4.78 is 5.55. The molecule has 0 bridgehead atoms. The highest BCUT2D eigenvalue weighted by molar-refractivity contribution is 14.0. The minimum absolute atomic E-state index is 0. The molecule has 0 aliphatic heterocycles. The summed E-state index contributed by atoms with van der Waals surface area (Å²) in [7, 11) is 1.70. The van der Waals surface area contributed by atoms with Crippen molar-refractivity contribution in [3.8, 4) is 11.5 Å². The molecule has 1 heterocycles. The van der Waals surface area contributed by atoms with E-state index in [1.807, 2.05) is 52.0 Å². The second-order valence-electron chi connectivity index (χ2n) is 7.37. The van der Waals surface area contributed by atoms with Gasteiger partial charge in [0.05, 0.1) is 12.2 Å². The van der Waals surface area contributed by atoms with Crippen LogP contribution in [0.4, 0.5) is 0 Å². The molecule has 1 aromatic heterocycles. The van der Waals surface area contributed by atoms with Crippen molar-refractivity contribution in [2.24, 2.45) is 10.4 Å². The number of carbonyl (C=O) groups is 1. The van der Waals surface area contributed by atoms with E-state index in [9.17, 15) is 4.79 Å². The molecule has 0 spiro atoms. The van der Waals surface area contributed by atoms with E-state index in [1.54, 1.807) is 13.3 Å². The maximum absolute atomic E-state index is 11.8. The number of guanidine groups is 1. The van der Waals surface area contributed by atoms with Gasteiger partial charge in [0.25, 0.3) is 0 Å². The molecule has 0 aliphatic carbocycles. The average Bonchev–Trinajstić information content (AvgIpc) is 3.09. The summed E-state index contributed by atoms with van der Waals surface area (Å²) in [5.41, 5.74) is 2.54. The Balaban J connectivity index is 0.00000392. The third-order valence-electron chi connectivity index (χ3n) is 3.90. The maximum atomic E-state index is 11.8. The van der Waals surface area contributed by atoms with Crippen molar-refractivity contribution in [2.45, 2.75) is 34.2 Å². The number of oxazole rings is 1. The lowest BCUT2D eigenvalue weighted by Crippen LogP contribution is -2.43. The van der Waals surface area contributed by atoms with Crippen LogP contribution in [0.15, 0.2) is 39.9 Å². The Labute approximate surface area is 183 Å². The number of hydrogen-bond donors (Lipinski definition) is 3. The van der Waals surface area contributed by atoms with Crippen LogP contribution in [0.1, 0.15) is 32.0 Å². The molecule has 2 rings (SSSR count). The van der Waals surface area contributed by atoms with Gasteiger partial charge in [-0.05, 0) is 19.1 Å². The summed E-state index contributed by atoms with van der Waals surface area (Å²) in [6, 6.07) is 8.04. The number of benzene rings is 1. The lowest BCUT2D eigenvalue weighted by atomic mass is 9.96. The summed E-state index contributed by atoms with van der Waals surface area (Å²) >= 11 is 0. The van der Waals surface area contributed by atoms with Gasteiger partial charge in [0.1, 0.15) is 6.26 Å². The summed E-state index contributed by atoms with van der Waals surface area (Å²) in [5, 5.41) is 9.23. The molecule has 28 heavy (non-hydrogen) atoms. The quantitative estimate of drug-likeness (QED) is 0.246. The number of hydrogen-bond acceptors (Lipinski definition) is 4. The molecule has 1 aromatic carbocycles. The van der Waals surface area contributed by atoms with E-state index in [-0.39, 0.29) is 35.3 Å². The first-order chi connectivity index (χ1) is 12.8. The first kappa shape index (κ1) is 23.9. The van der Waals surface area contributed by atoms with Gasteiger partial charge in [-0.15, -0.1) is 24.0 Å². The van der Waals surface area contributed by atoms with Gasteiger partial charge in [-0.1, -0.05) is 38.5 Å². The molecule has 0 saturated carbocycles. The van der Waals surface area contributed by atoms with Crippen molar-refractivity contribution in [3.05, 3.63) is 41.8 Å². The second kappa shape index (κ2) is 11.0. The summed E-state index contributed by atoms with van der Waals surface area (Å²) in [4.78, 5) is 20.5. The number of rotatable bonds is 6. The molecule has 0 radical (unpaired) electrons. The minimum Gasteiger partial charge on any atom is -0.444 e. The van der Waals surface area contributed by atoms with Crippen LogP contribution in [0.2, 0.25) is 0 Å². The molecule has 0 unspecified atom stereocenters. The average molecular weight is 499 g/mol. The lowest BCUT2D eigenvalue weighted by molar-refractivity contribution is -0.128. The normalized spacial score (nSPS) is 11.5. The Bertz CT molecular complexity index is 779. The Morgan fingerprint density at radius 1 is 1.11 bits per heavy atom. The van der Waals surface area contributed by atoms with Crippen molar-refractivity contribution in [3.63, 3.8) is 0 Å². The number of aromatic nitrogens is 1. The van der Waals surface area contributed by atoms with Crippen molar-refractivity contribution in [1.29, 1.82) is 0 Å². The van der Waals surface area contributed by atoms with Crippen molar-refractivity contribution >= 4 is 35.8 Å². The largest absolute Gasteiger partial charge is 0.444 e. The third-order valence-corrected chi connectivity index (χ3v) is 3.90. The Hall–Kier alpha value is -2.10. The fourth-order valence-corrected chi connectivity index (χ4v) is 2.23. The molecule has 0 aliphatic rings. The fourth-order valence-electron chi connectivity index (χ4n) is 2.23. The molecule has 1 amide bonds. The fraction of sp³-hybridized carbons (Fsp3) is 0.450. The highest BCUT2D eigenvalue weighted by atomic mass is 127. The van der Waals surface area contributed by atoms with Crippen LogP contribution in [0.25, 0.3) is 11.5 Å². The molecule has 7 nitrogen and oxygen atoms in total. The Kier molecular flexibility index (Phi) is 9.44. The number of nitrogens with zero attached hydrogens (tertiary/aromatic N) is 2. The zero-order valence-electron chi connectivity index (χ0n) is 17.1. The zero-order valence-corrected chi connectivity index (χ0v) is 19.5. The number of halogens is 1. The van der Waals surface area contributed by atoms with Gasteiger partial charge in [0.2, 0.25) is 11.8 Å². The SMILES string of the molecule is CN=C(NCCNC(=O)C(C)(C)C)NCc1coc(-c2ccc(C)cc2)n1.I. The van der Waals surface area contributed by atoms with E-state index in [1.165, 1.54) is 5.56 Å². The number of amides is 1. The van der Waals surface area contributed by atoms with Crippen LogP contribution in [0, 0.1) is 12.3 Å². The van der Waals surface area contributed by atoms with E-state index in [4.69, 9.17) is 4.42 Å². The van der Waals surface area contributed by atoms with Gasteiger partial charge in [-0.2, -0.15) is 0 Å². The van der Waals surface area contributed by atoms with Gasteiger partial charge in [0.15, 0.2) is 5.96 Å². The molecule has 3 N–H and O–H groups in total. The van der Waals surface area contributed by atoms with E-state index in [2.05, 4.69) is 25.9 Å². The second-order valence-corrected chi connectivity index (χ2v) is 7.37. The predicted molar refractivity (Wildman–Crippen MR) is 123 cm³/mol. The van der Waals surface area contributed by atoms with Crippen molar-refractivity contribution in [1.82, 2.24) is 20.9 Å². The minimum atomic E-state index is -0.387. The zero-order chi connectivity index (χ0) is 19.9. The van der Waals surface area contributed by atoms with E-state index < -0.39 is 0 Å². The molecule has 0 fully saturated rings. The van der Waals surface area contributed by atoms with Crippen LogP contribution in [0.5, 0.6) is 0 Å². The highest BCUT2D eigenvalue weighted by Crippen LogP contribution is 2.19. The van der Waals surface area contributed by atoms with Gasteiger partial charge >= 0.3 is 0 Å². The standard InChI is InChI=1S/C20H29N5O2.HI/c1-14-6-8-15(9-7-14)17-25-16(13-27-17)12-24-19(21-5)23-11-10-22-18(26)20(2,3)4;/h6-9,13H,10-12H2,1-5H3,(H,22,26)(H2,21,23,24);1H. The van der Waals surface area contributed by atoms with Crippen LogP contribution in [0.3, 0.4) is 0 Å². The molecule has 2 aromatic rings. The number of aliphatic imine (C=N–C) groups is 1. The van der Waals surface area contributed by atoms with Crippen LogP contribution >= 0.6 is 24.0 Å². The van der Waals surface area contributed by atoms with Gasteiger partial charge < -0.3 is 20.4 Å². The van der Waals surface area contributed by atoms with Gasteiger partial charge in [-0.25, -0.2) is 4.98 Å². The van der Waals surface area contributed by atoms with Crippen LogP contribution < -0.4 is 16.0 Å². The molecule has 154 valence electrons. The third kappa shape index (κ3) is 7.49. The topological polar surface area (TPSA) is 91.5 Å². The predicted octanol–water partition coefficient (Wildman–Crippen LogP) is 3.10. The monoisotopic (exact) mass is 499 g/mol. The Morgan fingerprint density at radius 2 is 1.75 bits per heavy atom. The van der Waals surface area contributed by atoms with Crippen LogP contribution in [-0.4, -0.2) is 37.0 Å². The Morgan fingerprint density at radius 3 is 2.36 bits per heavy atom. The highest BCUT2D eigenvalue weighted by Gasteiger charge is 2.20. The molecular weight excluding hydrogens is 469 g/mol. The number of aryl methyl sites for hydroxylation is 1. The van der Waals surface area contributed by atoms with Crippen molar-refractivity contribution in [2.75, 3.05) is 20.1 Å². The van der Waals surface area contributed by atoms with E-state index in [0.29, 0.717) is 31.5 Å². The first-order valence-electron chi connectivity index (χ1n) is 9.04.